The van der Waals surface area contributed by atoms with Crippen LogP contribution in [0, 0.1) is 16.7 Å². The number of hydrogen-bond donors (Lipinski definition) is 1. The first-order valence-electron chi connectivity index (χ1n) is 7.20. The van der Waals surface area contributed by atoms with Crippen LogP contribution in [0.2, 0.25) is 0 Å². The smallest absolute Gasteiger partial charge is 0.0615 e. The van der Waals surface area contributed by atoms with Crippen molar-refractivity contribution in [3.05, 3.63) is 0 Å². The van der Waals surface area contributed by atoms with Gasteiger partial charge in [-0.25, -0.2) is 0 Å². The molecule has 2 saturated carbocycles. The third-order valence-corrected chi connectivity index (χ3v) is 6.09. The maximum absolute atomic E-state index is 5.31. The lowest BCUT2D eigenvalue weighted by atomic mass is 9.69. The molecule has 0 aliphatic heterocycles. The minimum absolute atomic E-state index is 0.485. The van der Waals surface area contributed by atoms with Crippen LogP contribution in [-0.4, -0.2) is 25.8 Å². The molecule has 0 spiro atoms. The predicted molar refractivity (Wildman–Crippen MR) is 72.1 cm³/mol. The summed E-state index contributed by atoms with van der Waals surface area (Å²) in [6, 6.07) is 1.22. The quantitative estimate of drug-likeness (QED) is 0.795. The molecule has 2 heteroatoms. The monoisotopic (exact) mass is 239 g/mol. The molecule has 2 rings (SSSR count). The van der Waals surface area contributed by atoms with Crippen molar-refractivity contribution in [2.45, 2.75) is 65.5 Å². The number of rotatable bonds is 5. The second-order valence-electron chi connectivity index (χ2n) is 6.89. The molecule has 100 valence electrons. The second kappa shape index (κ2) is 4.55. The van der Waals surface area contributed by atoms with Gasteiger partial charge in [0, 0.05) is 19.2 Å². The van der Waals surface area contributed by atoms with Crippen molar-refractivity contribution in [2.24, 2.45) is 16.7 Å². The molecule has 0 saturated heterocycles. The van der Waals surface area contributed by atoms with Crippen LogP contribution >= 0.6 is 0 Å². The number of hydrogen-bond acceptors (Lipinski definition) is 2. The van der Waals surface area contributed by atoms with Crippen molar-refractivity contribution in [3.8, 4) is 0 Å². The van der Waals surface area contributed by atoms with E-state index in [0.717, 1.165) is 18.9 Å². The third kappa shape index (κ3) is 1.94. The van der Waals surface area contributed by atoms with Gasteiger partial charge >= 0.3 is 0 Å². The van der Waals surface area contributed by atoms with Gasteiger partial charge < -0.3 is 10.1 Å². The summed E-state index contributed by atoms with van der Waals surface area (Å²) in [6.07, 6.45) is 5.35. The molecule has 0 amide bonds. The van der Waals surface area contributed by atoms with Crippen LogP contribution in [-0.2, 0) is 4.74 Å². The summed E-state index contributed by atoms with van der Waals surface area (Å²) in [4.78, 5) is 0. The Balaban J connectivity index is 2.05. The van der Waals surface area contributed by atoms with E-state index >= 15 is 0 Å². The topological polar surface area (TPSA) is 21.3 Å². The van der Waals surface area contributed by atoms with Gasteiger partial charge in [0.05, 0.1) is 6.61 Å². The molecule has 0 aromatic carbocycles. The molecule has 2 nitrogen and oxygen atoms in total. The van der Waals surface area contributed by atoms with Crippen molar-refractivity contribution in [2.75, 3.05) is 13.7 Å². The molecule has 17 heavy (non-hydrogen) atoms. The zero-order valence-electron chi connectivity index (χ0n) is 12.2. The average molecular weight is 239 g/mol. The van der Waals surface area contributed by atoms with E-state index in [-0.39, 0.29) is 0 Å². The Hall–Kier alpha value is -0.0800. The van der Waals surface area contributed by atoms with Crippen LogP contribution in [0.1, 0.15) is 53.4 Å². The molecule has 2 aliphatic carbocycles. The van der Waals surface area contributed by atoms with Gasteiger partial charge in [0.1, 0.15) is 0 Å². The van der Waals surface area contributed by atoms with Crippen LogP contribution in [0.4, 0.5) is 0 Å². The molecular formula is C15H29NO. The Kier molecular flexibility index (Phi) is 3.57. The molecule has 2 fully saturated rings. The fourth-order valence-electron chi connectivity index (χ4n) is 4.23. The van der Waals surface area contributed by atoms with Gasteiger partial charge in [0.15, 0.2) is 0 Å². The maximum atomic E-state index is 5.31. The van der Waals surface area contributed by atoms with Gasteiger partial charge in [-0.3, -0.25) is 0 Å². The molecule has 4 unspecified atom stereocenters. The van der Waals surface area contributed by atoms with Crippen LogP contribution in [0.3, 0.4) is 0 Å². The number of methoxy groups -OCH3 is 1. The highest BCUT2D eigenvalue weighted by atomic mass is 16.5. The summed E-state index contributed by atoms with van der Waals surface area (Å²) < 4.78 is 5.31. The molecule has 2 bridgehead atoms. The first-order valence-corrected chi connectivity index (χ1v) is 7.20. The van der Waals surface area contributed by atoms with E-state index < -0.39 is 0 Å². The van der Waals surface area contributed by atoms with Gasteiger partial charge in [0.25, 0.3) is 0 Å². The average Bonchev–Trinajstić information content (AvgIpc) is 2.61. The van der Waals surface area contributed by atoms with Gasteiger partial charge in [-0.2, -0.15) is 0 Å². The van der Waals surface area contributed by atoms with Crippen LogP contribution in [0.25, 0.3) is 0 Å². The van der Waals surface area contributed by atoms with Crippen molar-refractivity contribution in [3.63, 3.8) is 0 Å². The Labute approximate surface area is 107 Å². The lowest BCUT2D eigenvalue weighted by Gasteiger charge is -2.41. The predicted octanol–water partition coefficient (Wildman–Crippen LogP) is 3.22. The first-order chi connectivity index (χ1) is 7.95. The summed E-state index contributed by atoms with van der Waals surface area (Å²) >= 11 is 0. The van der Waals surface area contributed by atoms with Gasteiger partial charge in [-0.05, 0) is 42.4 Å². The summed E-state index contributed by atoms with van der Waals surface area (Å²) in [5.74, 6) is 0.921. The molecule has 0 aromatic heterocycles. The standard InChI is InChI=1S/C15H29NO/c1-6-12(10-17-5)16-13-9-11-7-8-15(13,4)14(11,2)3/h11-13,16H,6-10H2,1-5H3. The van der Waals surface area contributed by atoms with Crippen molar-refractivity contribution in [1.82, 2.24) is 5.32 Å². The molecule has 2 aliphatic rings. The summed E-state index contributed by atoms with van der Waals surface area (Å²) in [7, 11) is 1.80. The Morgan fingerprint density at radius 3 is 2.47 bits per heavy atom. The Bertz CT molecular complexity index is 276. The summed E-state index contributed by atoms with van der Waals surface area (Å²) in [5.41, 5.74) is 0.995. The van der Waals surface area contributed by atoms with Crippen molar-refractivity contribution >= 4 is 0 Å². The Morgan fingerprint density at radius 2 is 2.06 bits per heavy atom. The number of ether oxygens (including phenoxy) is 1. The summed E-state index contributed by atoms with van der Waals surface area (Å²) in [6.45, 7) is 10.5. The van der Waals surface area contributed by atoms with E-state index in [2.05, 4.69) is 33.0 Å². The van der Waals surface area contributed by atoms with E-state index in [0.29, 0.717) is 22.9 Å². The fourth-order valence-corrected chi connectivity index (χ4v) is 4.23. The summed E-state index contributed by atoms with van der Waals surface area (Å²) in [5, 5.41) is 3.87. The lowest BCUT2D eigenvalue weighted by molar-refractivity contribution is 0.0971. The van der Waals surface area contributed by atoms with Gasteiger partial charge in [-0.1, -0.05) is 27.7 Å². The largest absolute Gasteiger partial charge is 0.383 e. The minimum atomic E-state index is 0.485. The highest BCUT2D eigenvalue weighted by Gasteiger charge is 2.61. The number of fused-ring (bicyclic) bond motifs is 2. The van der Waals surface area contributed by atoms with Crippen molar-refractivity contribution in [1.29, 1.82) is 0 Å². The van der Waals surface area contributed by atoms with E-state index in [9.17, 15) is 0 Å². The Morgan fingerprint density at radius 1 is 1.35 bits per heavy atom. The first kappa shape index (κ1) is 13.4. The second-order valence-corrected chi connectivity index (χ2v) is 6.89. The zero-order chi connectivity index (χ0) is 12.7. The van der Waals surface area contributed by atoms with Crippen molar-refractivity contribution < 1.29 is 4.74 Å². The fraction of sp³-hybridized carbons (Fsp3) is 1.00. The third-order valence-electron chi connectivity index (χ3n) is 6.09. The van der Waals surface area contributed by atoms with E-state index in [1.807, 2.05) is 0 Å². The SMILES string of the molecule is CCC(COC)NC1CC2CCC1(C)C2(C)C. The van der Waals surface area contributed by atoms with Gasteiger partial charge in [0.2, 0.25) is 0 Å². The maximum Gasteiger partial charge on any atom is 0.0615 e. The van der Waals surface area contributed by atoms with Crippen LogP contribution < -0.4 is 5.32 Å². The highest BCUT2D eigenvalue weighted by molar-refractivity contribution is 5.13. The van der Waals surface area contributed by atoms with Gasteiger partial charge in [-0.15, -0.1) is 0 Å². The molecule has 4 atom stereocenters. The molecule has 0 heterocycles. The van der Waals surface area contributed by atoms with E-state index in [4.69, 9.17) is 4.74 Å². The minimum Gasteiger partial charge on any atom is -0.383 e. The lowest BCUT2D eigenvalue weighted by Crippen LogP contribution is -2.49. The van der Waals surface area contributed by atoms with Crippen LogP contribution in [0.5, 0.6) is 0 Å². The van der Waals surface area contributed by atoms with E-state index in [1.54, 1.807) is 7.11 Å². The molecule has 1 N–H and O–H groups in total. The number of nitrogens with one attached hydrogen (secondary N) is 1. The van der Waals surface area contributed by atoms with E-state index in [1.165, 1.54) is 19.3 Å². The molecular weight excluding hydrogens is 210 g/mol. The zero-order valence-corrected chi connectivity index (χ0v) is 12.2. The highest BCUT2D eigenvalue weighted by Crippen LogP contribution is 2.65. The normalized spacial score (nSPS) is 40.8. The molecule has 0 aromatic rings. The van der Waals surface area contributed by atoms with Crippen LogP contribution in [0.15, 0.2) is 0 Å². The molecule has 0 radical (unpaired) electrons.